The molecule has 1 N–H and O–H groups in total. The fraction of sp³-hybridized carbons (Fsp3) is 0.200. The molecule has 18 heavy (non-hydrogen) atoms. The predicted octanol–water partition coefficient (Wildman–Crippen LogP) is -0.183. The van der Waals surface area contributed by atoms with E-state index < -0.39 is 34.8 Å². The number of carbonyl (C=O) groups is 1. The van der Waals surface area contributed by atoms with Crippen LogP contribution in [0.15, 0.2) is 27.9 Å². The van der Waals surface area contributed by atoms with E-state index in [2.05, 4.69) is 11.3 Å². The molecule has 0 spiro atoms. The molecule has 0 aliphatic carbocycles. The highest BCUT2D eigenvalue weighted by Crippen LogP contribution is 2.07. The highest BCUT2D eigenvalue weighted by molar-refractivity contribution is 5.91. The van der Waals surface area contributed by atoms with Crippen LogP contribution < -0.4 is 11.2 Å². The fourth-order valence-corrected chi connectivity index (χ4v) is 1.06. The van der Waals surface area contributed by atoms with E-state index in [0.717, 1.165) is 0 Å². The third kappa shape index (κ3) is 2.70. The average Bonchev–Trinajstić information content (AvgIpc) is 2.32. The van der Waals surface area contributed by atoms with E-state index in [0.29, 0.717) is 10.8 Å². The molecule has 0 aliphatic rings. The molecule has 1 heterocycles. The number of aromatic nitrogens is 2. The van der Waals surface area contributed by atoms with E-state index in [1.54, 1.807) is 4.98 Å². The molecule has 1 atom stereocenters. The van der Waals surface area contributed by atoms with Crippen molar-refractivity contribution >= 4 is 5.97 Å². The Hall–Kier alpha value is -2.69. The molecule has 1 aromatic rings. The minimum Gasteiger partial charge on any atom is -0.437 e. The van der Waals surface area contributed by atoms with Crippen molar-refractivity contribution in [3.63, 3.8) is 0 Å². The summed E-state index contributed by atoms with van der Waals surface area (Å²) >= 11 is 0. The second-order valence-electron chi connectivity index (χ2n) is 3.24. The maximum absolute atomic E-state index is 13.0. The van der Waals surface area contributed by atoms with Crippen LogP contribution in [0, 0.1) is 17.1 Å². The summed E-state index contributed by atoms with van der Waals surface area (Å²) in [5, 5.41) is 8.40. The minimum absolute atomic E-state index is 0.459. The lowest BCUT2D eigenvalue weighted by Gasteiger charge is -2.14. The Bertz CT molecular complexity index is 652. The number of nitrogens with one attached hydrogen (secondary N) is 1. The molecule has 0 amide bonds. The van der Waals surface area contributed by atoms with Crippen molar-refractivity contribution in [1.82, 2.24) is 9.55 Å². The number of rotatable bonds is 3. The maximum Gasteiger partial charge on any atom is 0.350 e. The Morgan fingerprint density at radius 1 is 1.67 bits per heavy atom. The van der Waals surface area contributed by atoms with Crippen LogP contribution in [0.1, 0.15) is 13.2 Å². The molecule has 7 nitrogen and oxygen atoms in total. The van der Waals surface area contributed by atoms with Gasteiger partial charge < -0.3 is 4.74 Å². The van der Waals surface area contributed by atoms with E-state index >= 15 is 0 Å². The van der Waals surface area contributed by atoms with E-state index in [1.807, 2.05) is 0 Å². The number of esters is 1. The predicted molar refractivity (Wildman–Crippen MR) is 56.8 cm³/mol. The third-order valence-corrected chi connectivity index (χ3v) is 1.98. The molecule has 0 saturated heterocycles. The topological polar surface area (TPSA) is 105 Å². The molecule has 0 radical (unpaired) electrons. The molecule has 0 aromatic carbocycles. The van der Waals surface area contributed by atoms with Crippen molar-refractivity contribution < 1.29 is 13.9 Å². The van der Waals surface area contributed by atoms with Crippen LogP contribution >= 0.6 is 0 Å². The number of hydrogen-bond acceptors (Lipinski definition) is 5. The van der Waals surface area contributed by atoms with Gasteiger partial charge in [-0.25, -0.2) is 9.59 Å². The number of halogens is 1. The lowest BCUT2D eigenvalue weighted by molar-refractivity contribution is -0.147. The van der Waals surface area contributed by atoms with Crippen molar-refractivity contribution in [2.75, 3.05) is 0 Å². The zero-order valence-corrected chi connectivity index (χ0v) is 9.27. The highest BCUT2D eigenvalue weighted by Gasteiger charge is 2.16. The molecule has 1 unspecified atom stereocenters. The number of ether oxygens (including phenoxy) is 1. The van der Waals surface area contributed by atoms with Crippen LogP contribution in [0.5, 0.6) is 0 Å². The maximum atomic E-state index is 13.0. The van der Waals surface area contributed by atoms with Crippen LogP contribution in [0.2, 0.25) is 0 Å². The van der Waals surface area contributed by atoms with Crippen LogP contribution in [-0.2, 0) is 9.53 Å². The third-order valence-electron chi connectivity index (χ3n) is 1.98. The summed E-state index contributed by atoms with van der Waals surface area (Å²) in [6.07, 6.45) is -0.588. The second kappa shape index (κ2) is 5.09. The number of hydrogen-bond donors (Lipinski definition) is 1. The quantitative estimate of drug-likeness (QED) is 0.457. The van der Waals surface area contributed by atoms with Gasteiger partial charge in [-0.15, -0.1) is 0 Å². The molecule has 0 aliphatic heterocycles. The summed E-state index contributed by atoms with van der Waals surface area (Å²) < 4.78 is 18.3. The van der Waals surface area contributed by atoms with Gasteiger partial charge in [0.15, 0.2) is 6.23 Å². The van der Waals surface area contributed by atoms with Gasteiger partial charge in [-0.2, -0.15) is 9.65 Å². The number of nitriles is 1. The molecule has 8 heteroatoms. The van der Waals surface area contributed by atoms with Crippen molar-refractivity contribution in [2.24, 2.45) is 0 Å². The zero-order chi connectivity index (χ0) is 13.9. The Morgan fingerprint density at radius 2 is 2.28 bits per heavy atom. The molecular weight excluding hydrogens is 245 g/mol. The number of nitrogens with zero attached hydrogens (tertiary/aromatic N) is 2. The van der Waals surface area contributed by atoms with Crippen molar-refractivity contribution in [2.45, 2.75) is 13.2 Å². The summed E-state index contributed by atoms with van der Waals surface area (Å²) in [6.45, 7) is 4.38. The smallest absolute Gasteiger partial charge is 0.350 e. The van der Waals surface area contributed by atoms with Crippen molar-refractivity contribution in [1.29, 1.82) is 5.26 Å². The van der Waals surface area contributed by atoms with Crippen LogP contribution in [0.25, 0.3) is 0 Å². The van der Waals surface area contributed by atoms with Crippen LogP contribution in [0.4, 0.5) is 4.39 Å². The highest BCUT2D eigenvalue weighted by atomic mass is 19.1. The molecule has 0 bridgehead atoms. The van der Waals surface area contributed by atoms with Crippen LogP contribution in [0.3, 0.4) is 0 Å². The normalized spacial score (nSPS) is 11.4. The lowest BCUT2D eigenvalue weighted by Crippen LogP contribution is -2.34. The van der Waals surface area contributed by atoms with Gasteiger partial charge in [0, 0.05) is 0 Å². The second-order valence-corrected chi connectivity index (χ2v) is 3.24. The SMILES string of the molecule is C=C(C#N)C(=O)OC(C)n1cc(F)c(=O)[nH]c1=O. The van der Waals surface area contributed by atoms with E-state index in [9.17, 15) is 18.8 Å². The standard InChI is InChI=1S/C10H8FN3O4/c1-5(3-12)9(16)18-6(2)14-4-7(11)8(15)13-10(14)17/h4,6H,1H2,2H3,(H,13,15,17). The first kappa shape index (κ1) is 13.4. The van der Waals surface area contributed by atoms with Crippen molar-refractivity contribution in [3.05, 3.63) is 45.0 Å². The summed E-state index contributed by atoms with van der Waals surface area (Å²) in [6, 6.07) is 1.47. The number of carbonyl (C=O) groups excluding carboxylic acids is 1. The Labute approximate surface area is 99.7 Å². The Kier molecular flexibility index (Phi) is 3.78. The fourth-order valence-electron chi connectivity index (χ4n) is 1.06. The summed E-state index contributed by atoms with van der Waals surface area (Å²) in [5.41, 5.74) is -2.57. The molecule has 1 aromatic heterocycles. The van der Waals surface area contributed by atoms with E-state index in [4.69, 9.17) is 5.26 Å². The van der Waals surface area contributed by atoms with Gasteiger partial charge in [0.1, 0.15) is 11.6 Å². The molecule has 1 rings (SSSR count). The van der Waals surface area contributed by atoms with E-state index in [1.165, 1.54) is 13.0 Å². The first-order chi connectivity index (χ1) is 8.36. The summed E-state index contributed by atoms with van der Waals surface area (Å²) in [4.78, 5) is 35.0. The molecule has 94 valence electrons. The lowest BCUT2D eigenvalue weighted by atomic mass is 10.3. The first-order valence-electron chi connectivity index (χ1n) is 4.67. The zero-order valence-electron chi connectivity index (χ0n) is 9.27. The monoisotopic (exact) mass is 253 g/mol. The van der Waals surface area contributed by atoms with Gasteiger partial charge in [0.2, 0.25) is 5.82 Å². The largest absolute Gasteiger partial charge is 0.437 e. The van der Waals surface area contributed by atoms with Crippen LogP contribution in [-0.4, -0.2) is 15.5 Å². The van der Waals surface area contributed by atoms with Gasteiger partial charge in [-0.3, -0.25) is 14.3 Å². The summed E-state index contributed by atoms with van der Waals surface area (Å²) in [7, 11) is 0. The van der Waals surface area contributed by atoms with Gasteiger partial charge in [0.25, 0.3) is 5.56 Å². The molecular formula is C10H8FN3O4. The van der Waals surface area contributed by atoms with Gasteiger partial charge in [-0.1, -0.05) is 6.58 Å². The Morgan fingerprint density at radius 3 is 2.83 bits per heavy atom. The first-order valence-corrected chi connectivity index (χ1v) is 4.67. The summed E-state index contributed by atoms with van der Waals surface area (Å²) in [5.74, 6) is -2.24. The molecule has 0 fully saturated rings. The van der Waals surface area contributed by atoms with E-state index in [-0.39, 0.29) is 0 Å². The van der Waals surface area contributed by atoms with Gasteiger partial charge in [-0.05, 0) is 6.92 Å². The number of aromatic amines is 1. The van der Waals surface area contributed by atoms with Crippen molar-refractivity contribution in [3.8, 4) is 6.07 Å². The average molecular weight is 253 g/mol. The minimum atomic E-state index is -1.20. The molecule has 0 saturated carbocycles. The van der Waals surface area contributed by atoms with Gasteiger partial charge in [0.05, 0.1) is 6.20 Å². The number of H-pyrrole nitrogens is 1. The Balaban J connectivity index is 3.03. The van der Waals surface area contributed by atoms with Gasteiger partial charge >= 0.3 is 11.7 Å².